The molecular formula is C13H26N2O3. The van der Waals surface area contributed by atoms with Gasteiger partial charge in [-0.2, -0.15) is 0 Å². The second-order valence-corrected chi connectivity index (χ2v) is 5.16. The van der Waals surface area contributed by atoms with Gasteiger partial charge in [-0.25, -0.2) is 0 Å². The highest BCUT2D eigenvalue weighted by molar-refractivity contribution is 5.79. The van der Waals surface area contributed by atoms with Crippen LogP contribution in [0.4, 0.5) is 0 Å². The van der Waals surface area contributed by atoms with Crippen molar-refractivity contribution in [3.8, 4) is 0 Å². The number of nitrogens with one attached hydrogen (secondary N) is 2. The largest absolute Gasteiger partial charge is 0.481 e. The van der Waals surface area contributed by atoms with Crippen LogP contribution >= 0.6 is 0 Å². The van der Waals surface area contributed by atoms with Gasteiger partial charge in [0.2, 0.25) is 5.91 Å². The summed E-state index contributed by atoms with van der Waals surface area (Å²) in [6.07, 6.45) is 1.53. The summed E-state index contributed by atoms with van der Waals surface area (Å²) < 4.78 is 0. The van der Waals surface area contributed by atoms with Crippen molar-refractivity contribution in [3.63, 3.8) is 0 Å². The summed E-state index contributed by atoms with van der Waals surface area (Å²) in [6.45, 7) is 8.44. The zero-order valence-corrected chi connectivity index (χ0v) is 11.8. The van der Waals surface area contributed by atoms with Crippen LogP contribution in [-0.2, 0) is 9.59 Å². The van der Waals surface area contributed by atoms with Crippen molar-refractivity contribution in [1.29, 1.82) is 0 Å². The molecule has 18 heavy (non-hydrogen) atoms. The van der Waals surface area contributed by atoms with E-state index in [2.05, 4.69) is 10.6 Å². The SMILES string of the molecule is CCC(C)NCC(=O)NCC(CC(C)C)C(=O)O. The molecule has 0 aromatic heterocycles. The second-order valence-electron chi connectivity index (χ2n) is 5.16. The van der Waals surface area contributed by atoms with Crippen LogP contribution in [0.25, 0.3) is 0 Å². The third-order valence-electron chi connectivity index (χ3n) is 2.87. The van der Waals surface area contributed by atoms with E-state index in [1.165, 1.54) is 0 Å². The number of hydrogen-bond donors (Lipinski definition) is 3. The van der Waals surface area contributed by atoms with E-state index in [0.717, 1.165) is 6.42 Å². The van der Waals surface area contributed by atoms with Gasteiger partial charge in [0.1, 0.15) is 0 Å². The van der Waals surface area contributed by atoms with Crippen LogP contribution in [0, 0.1) is 11.8 Å². The Hall–Kier alpha value is -1.10. The van der Waals surface area contributed by atoms with Crippen molar-refractivity contribution in [1.82, 2.24) is 10.6 Å². The Morgan fingerprint density at radius 3 is 2.28 bits per heavy atom. The highest BCUT2D eigenvalue weighted by Gasteiger charge is 2.19. The first kappa shape index (κ1) is 16.9. The molecule has 0 aromatic rings. The van der Waals surface area contributed by atoms with E-state index in [0.29, 0.717) is 18.4 Å². The highest BCUT2D eigenvalue weighted by atomic mass is 16.4. The molecule has 0 saturated heterocycles. The molecule has 106 valence electrons. The molecule has 0 aliphatic rings. The van der Waals surface area contributed by atoms with E-state index in [-0.39, 0.29) is 19.0 Å². The van der Waals surface area contributed by atoms with Crippen LogP contribution in [0.15, 0.2) is 0 Å². The fraction of sp³-hybridized carbons (Fsp3) is 0.846. The number of aliphatic carboxylic acids is 1. The van der Waals surface area contributed by atoms with Crippen LogP contribution in [0.1, 0.15) is 40.5 Å². The average molecular weight is 258 g/mol. The van der Waals surface area contributed by atoms with Gasteiger partial charge in [-0.3, -0.25) is 9.59 Å². The maximum atomic E-state index is 11.5. The van der Waals surface area contributed by atoms with Gasteiger partial charge in [0.25, 0.3) is 0 Å². The van der Waals surface area contributed by atoms with E-state index in [4.69, 9.17) is 5.11 Å². The molecule has 5 heteroatoms. The minimum absolute atomic E-state index is 0.148. The van der Waals surface area contributed by atoms with Gasteiger partial charge in [0, 0.05) is 12.6 Å². The quantitative estimate of drug-likeness (QED) is 0.581. The molecule has 0 fully saturated rings. The Morgan fingerprint density at radius 1 is 1.22 bits per heavy atom. The number of carbonyl (C=O) groups is 2. The molecule has 2 atom stereocenters. The first-order valence-electron chi connectivity index (χ1n) is 6.59. The summed E-state index contributed by atoms with van der Waals surface area (Å²) in [7, 11) is 0. The predicted molar refractivity (Wildman–Crippen MR) is 71.3 cm³/mol. The molecule has 0 rings (SSSR count). The standard InChI is InChI=1S/C13H26N2O3/c1-5-10(4)14-8-12(16)15-7-11(13(17)18)6-9(2)3/h9-11,14H,5-8H2,1-4H3,(H,15,16)(H,17,18). The number of carbonyl (C=O) groups excluding carboxylic acids is 1. The van der Waals surface area contributed by atoms with Crippen LogP contribution < -0.4 is 10.6 Å². The van der Waals surface area contributed by atoms with Crippen LogP contribution in [-0.4, -0.2) is 36.1 Å². The third-order valence-corrected chi connectivity index (χ3v) is 2.87. The molecule has 2 unspecified atom stereocenters. The number of amides is 1. The second kappa shape index (κ2) is 8.91. The van der Waals surface area contributed by atoms with Gasteiger partial charge >= 0.3 is 5.97 Å². The van der Waals surface area contributed by atoms with E-state index in [1.807, 2.05) is 27.7 Å². The van der Waals surface area contributed by atoms with Crippen LogP contribution in [0.2, 0.25) is 0 Å². The van der Waals surface area contributed by atoms with Crippen molar-refractivity contribution in [2.75, 3.05) is 13.1 Å². The monoisotopic (exact) mass is 258 g/mol. The number of hydrogen-bond acceptors (Lipinski definition) is 3. The fourth-order valence-corrected chi connectivity index (χ4v) is 1.55. The van der Waals surface area contributed by atoms with E-state index < -0.39 is 11.9 Å². The molecule has 3 N–H and O–H groups in total. The maximum absolute atomic E-state index is 11.5. The lowest BCUT2D eigenvalue weighted by Crippen LogP contribution is -2.40. The molecule has 0 spiro atoms. The smallest absolute Gasteiger partial charge is 0.308 e. The highest BCUT2D eigenvalue weighted by Crippen LogP contribution is 2.10. The molecule has 0 heterocycles. The first-order chi connectivity index (χ1) is 8.36. The van der Waals surface area contributed by atoms with Crippen LogP contribution in [0.3, 0.4) is 0 Å². The van der Waals surface area contributed by atoms with Gasteiger partial charge in [0.15, 0.2) is 0 Å². The lowest BCUT2D eigenvalue weighted by atomic mass is 9.97. The lowest BCUT2D eigenvalue weighted by molar-refractivity contribution is -0.142. The Kier molecular flexibility index (Phi) is 8.37. The molecule has 0 saturated carbocycles. The summed E-state index contributed by atoms with van der Waals surface area (Å²) in [5, 5.41) is 14.8. The summed E-state index contributed by atoms with van der Waals surface area (Å²) in [5.74, 6) is -1.19. The molecule has 1 amide bonds. The molecule has 0 aromatic carbocycles. The normalized spacial score (nSPS) is 14.3. The van der Waals surface area contributed by atoms with E-state index in [9.17, 15) is 9.59 Å². The molecule has 5 nitrogen and oxygen atoms in total. The summed E-state index contributed by atoms with van der Waals surface area (Å²) in [6, 6.07) is 0.293. The molecule has 0 radical (unpaired) electrons. The van der Waals surface area contributed by atoms with Gasteiger partial charge in [-0.05, 0) is 25.7 Å². The molecular weight excluding hydrogens is 232 g/mol. The van der Waals surface area contributed by atoms with E-state index in [1.54, 1.807) is 0 Å². The Labute approximate surface area is 109 Å². The van der Waals surface area contributed by atoms with Crippen molar-refractivity contribution >= 4 is 11.9 Å². The van der Waals surface area contributed by atoms with Gasteiger partial charge < -0.3 is 15.7 Å². The molecule has 0 bridgehead atoms. The topological polar surface area (TPSA) is 78.4 Å². The van der Waals surface area contributed by atoms with Crippen molar-refractivity contribution < 1.29 is 14.7 Å². The van der Waals surface area contributed by atoms with E-state index >= 15 is 0 Å². The first-order valence-corrected chi connectivity index (χ1v) is 6.59. The lowest BCUT2D eigenvalue weighted by Gasteiger charge is -2.16. The molecule has 0 aliphatic heterocycles. The zero-order chi connectivity index (χ0) is 14.1. The minimum atomic E-state index is -0.848. The summed E-state index contributed by atoms with van der Waals surface area (Å²) >= 11 is 0. The maximum Gasteiger partial charge on any atom is 0.308 e. The fourth-order valence-electron chi connectivity index (χ4n) is 1.55. The minimum Gasteiger partial charge on any atom is -0.481 e. The molecule has 0 aliphatic carbocycles. The van der Waals surface area contributed by atoms with Crippen LogP contribution in [0.5, 0.6) is 0 Å². The summed E-state index contributed by atoms with van der Waals surface area (Å²) in [5.41, 5.74) is 0. The average Bonchev–Trinajstić information content (AvgIpc) is 2.30. The predicted octanol–water partition coefficient (Wildman–Crippen LogP) is 1.24. The Morgan fingerprint density at radius 2 is 1.83 bits per heavy atom. The Bertz CT molecular complexity index is 267. The number of rotatable bonds is 9. The number of carboxylic acids is 1. The zero-order valence-electron chi connectivity index (χ0n) is 11.8. The van der Waals surface area contributed by atoms with Gasteiger partial charge in [-0.1, -0.05) is 20.8 Å². The van der Waals surface area contributed by atoms with Gasteiger partial charge in [0.05, 0.1) is 12.5 Å². The Balaban J connectivity index is 3.96. The number of carboxylic acid groups (broad SMARTS) is 1. The van der Waals surface area contributed by atoms with Gasteiger partial charge in [-0.15, -0.1) is 0 Å². The summed E-state index contributed by atoms with van der Waals surface area (Å²) in [4.78, 5) is 22.5. The third kappa shape index (κ3) is 8.06. The van der Waals surface area contributed by atoms with Crippen molar-refractivity contribution in [3.05, 3.63) is 0 Å². The van der Waals surface area contributed by atoms with Crippen molar-refractivity contribution in [2.24, 2.45) is 11.8 Å². The van der Waals surface area contributed by atoms with Crippen molar-refractivity contribution in [2.45, 2.75) is 46.6 Å².